The molecule has 0 radical (unpaired) electrons. The molecule has 3 rings (SSSR count). The Bertz CT molecular complexity index is 538. The highest BCUT2D eigenvalue weighted by molar-refractivity contribution is 5.76. The van der Waals surface area contributed by atoms with Crippen LogP contribution in [-0.4, -0.2) is 6.54 Å². The molecule has 0 amide bonds. The van der Waals surface area contributed by atoms with E-state index >= 15 is 0 Å². The van der Waals surface area contributed by atoms with Crippen LogP contribution in [0.3, 0.4) is 0 Å². The summed E-state index contributed by atoms with van der Waals surface area (Å²) in [5.41, 5.74) is 5.70. The van der Waals surface area contributed by atoms with Gasteiger partial charge in [-0.2, -0.15) is 0 Å². The first kappa shape index (κ1) is 12.3. The largest absolute Gasteiger partial charge is 0.341 e. The van der Waals surface area contributed by atoms with Crippen LogP contribution in [0.1, 0.15) is 37.8 Å². The van der Waals surface area contributed by atoms with Gasteiger partial charge in [0.05, 0.1) is 0 Å². The zero-order chi connectivity index (χ0) is 13.4. The van der Waals surface area contributed by atoms with Gasteiger partial charge in [-0.05, 0) is 36.1 Å². The molecule has 2 aromatic rings. The van der Waals surface area contributed by atoms with Crippen molar-refractivity contribution in [2.45, 2.75) is 26.7 Å². The third kappa shape index (κ3) is 1.85. The van der Waals surface area contributed by atoms with Crippen molar-refractivity contribution in [2.75, 3.05) is 11.4 Å². The van der Waals surface area contributed by atoms with Gasteiger partial charge in [0.25, 0.3) is 0 Å². The Morgan fingerprint density at radius 1 is 0.895 bits per heavy atom. The van der Waals surface area contributed by atoms with E-state index in [-0.39, 0.29) is 0 Å². The molecule has 0 fully saturated rings. The van der Waals surface area contributed by atoms with Crippen LogP contribution in [0.2, 0.25) is 0 Å². The first-order valence-electron chi connectivity index (χ1n) is 7.19. The van der Waals surface area contributed by atoms with Gasteiger partial charge in [-0.1, -0.05) is 50.2 Å². The lowest BCUT2D eigenvalue weighted by atomic mass is 9.78. The van der Waals surface area contributed by atoms with Crippen LogP contribution in [0.25, 0.3) is 0 Å². The minimum Gasteiger partial charge on any atom is -0.341 e. The van der Waals surface area contributed by atoms with Gasteiger partial charge >= 0.3 is 0 Å². The van der Waals surface area contributed by atoms with Crippen LogP contribution in [0, 0.1) is 5.92 Å². The predicted octanol–water partition coefficient (Wildman–Crippen LogP) is 4.95. The summed E-state index contributed by atoms with van der Waals surface area (Å²) in [7, 11) is 0. The Morgan fingerprint density at radius 2 is 1.37 bits per heavy atom. The zero-order valence-electron chi connectivity index (χ0n) is 11.9. The van der Waals surface area contributed by atoms with Crippen molar-refractivity contribution in [3.63, 3.8) is 0 Å². The summed E-state index contributed by atoms with van der Waals surface area (Å²) in [6, 6.07) is 17.7. The maximum absolute atomic E-state index is 2.43. The number of rotatable bonds is 2. The van der Waals surface area contributed by atoms with Crippen LogP contribution in [0.5, 0.6) is 0 Å². The first-order valence-corrected chi connectivity index (χ1v) is 7.19. The van der Waals surface area contributed by atoms with E-state index in [9.17, 15) is 0 Å². The second-order valence-electron chi connectivity index (χ2n) is 5.58. The number of hydrogen-bond acceptors (Lipinski definition) is 1. The van der Waals surface area contributed by atoms with Crippen molar-refractivity contribution in [3.05, 3.63) is 59.7 Å². The molecule has 19 heavy (non-hydrogen) atoms. The molecule has 0 unspecified atom stereocenters. The van der Waals surface area contributed by atoms with E-state index in [1.165, 1.54) is 22.5 Å². The van der Waals surface area contributed by atoms with E-state index in [4.69, 9.17) is 0 Å². The Morgan fingerprint density at radius 3 is 1.79 bits per heavy atom. The van der Waals surface area contributed by atoms with Crippen LogP contribution in [-0.2, 0) is 0 Å². The fourth-order valence-electron chi connectivity index (χ4n) is 3.35. The lowest BCUT2D eigenvalue weighted by Crippen LogP contribution is -2.27. The van der Waals surface area contributed by atoms with Crippen molar-refractivity contribution >= 4 is 11.4 Å². The molecule has 1 heteroatoms. The van der Waals surface area contributed by atoms with Crippen LogP contribution in [0.4, 0.5) is 11.4 Å². The van der Waals surface area contributed by atoms with Crippen LogP contribution in [0.15, 0.2) is 48.5 Å². The molecule has 0 bridgehead atoms. The Hall–Kier alpha value is -1.76. The van der Waals surface area contributed by atoms with E-state index in [2.05, 4.69) is 74.2 Å². The number of nitrogens with zero attached hydrogens (tertiary/aromatic N) is 1. The van der Waals surface area contributed by atoms with Crippen molar-refractivity contribution in [3.8, 4) is 0 Å². The molecule has 0 spiro atoms. The highest BCUT2D eigenvalue weighted by atomic mass is 15.1. The molecule has 98 valence electrons. The number of fused-ring (bicyclic) bond motifs is 2. The number of para-hydroxylation sites is 2. The van der Waals surface area contributed by atoms with Crippen molar-refractivity contribution in [1.29, 1.82) is 0 Å². The number of benzene rings is 2. The lowest BCUT2D eigenvalue weighted by molar-refractivity contribution is 0.557. The van der Waals surface area contributed by atoms with Crippen molar-refractivity contribution < 1.29 is 0 Å². The summed E-state index contributed by atoms with van der Waals surface area (Å²) in [6.07, 6.45) is 0. The average molecular weight is 251 g/mol. The monoisotopic (exact) mass is 251 g/mol. The van der Waals surface area contributed by atoms with Gasteiger partial charge in [-0.15, -0.1) is 0 Å². The molecule has 0 atom stereocenters. The summed E-state index contributed by atoms with van der Waals surface area (Å²) in [4.78, 5) is 2.43. The summed E-state index contributed by atoms with van der Waals surface area (Å²) >= 11 is 0. The second-order valence-corrected chi connectivity index (χ2v) is 5.58. The van der Waals surface area contributed by atoms with Crippen LogP contribution >= 0.6 is 0 Å². The normalized spacial score (nSPS) is 14.4. The van der Waals surface area contributed by atoms with Crippen molar-refractivity contribution in [1.82, 2.24) is 0 Å². The van der Waals surface area contributed by atoms with Gasteiger partial charge in [-0.3, -0.25) is 0 Å². The maximum atomic E-state index is 2.43. The van der Waals surface area contributed by atoms with Gasteiger partial charge in [0.2, 0.25) is 0 Å². The second kappa shape index (κ2) is 4.73. The Kier molecular flexibility index (Phi) is 3.06. The zero-order valence-corrected chi connectivity index (χ0v) is 11.9. The van der Waals surface area contributed by atoms with Gasteiger partial charge in [0.1, 0.15) is 0 Å². The molecule has 2 aromatic carbocycles. The standard InChI is InChI=1S/C18H21N/c1-4-19-16-11-7-5-9-14(16)18(13(2)3)15-10-6-8-12-17(15)19/h5-13,18H,4H2,1-3H3. The van der Waals surface area contributed by atoms with E-state index < -0.39 is 0 Å². The summed E-state index contributed by atoms with van der Waals surface area (Å²) < 4.78 is 0. The Labute approximate surface area is 115 Å². The average Bonchev–Trinajstić information content (AvgIpc) is 2.44. The molecule has 0 saturated carbocycles. The number of hydrogen-bond donors (Lipinski definition) is 0. The lowest BCUT2D eigenvalue weighted by Gasteiger charge is -2.38. The molecule has 1 aliphatic rings. The summed E-state index contributed by atoms with van der Waals surface area (Å²) in [5.74, 6) is 1.12. The highest BCUT2D eigenvalue weighted by Gasteiger charge is 2.30. The fraction of sp³-hybridized carbons (Fsp3) is 0.333. The predicted molar refractivity (Wildman–Crippen MR) is 82.2 cm³/mol. The van der Waals surface area contributed by atoms with Gasteiger partial charge < -0.3 is 4.90 Å². The van der Waals surface area contributed by atoms with Gasteiger partial charge in [0, 0.05) is 23.8 Å². The number of anilines is 2. The third-order valence-corrected chi connectivity index (χ3v) is 4.11. The molecule has 0 aliphatic carbocycles. The molecule has 1 nitrogen and oxygen atoms in total. The van der Waals surface area contributed by atoms with Crippen molar-refractivity contribution in [2.24, 2.45) is 5.92 Å². The minimum atomic E-state index is 0.509. The molecule has 0 N–H and O–H groups in total. The van der Waals surface area contributed by atoms with Gasteiger partial charge in [0.15, 0.2) is 0 Å². The highest BCUT2D eigenvalue weighted by Crippen LogP contribution is 2.47. The van der Waals surface area contributed by atoms with E-state index in [0.717, 1.165) is 6.54 Å². The molecular weight excluding hydrogens is 230 g/mol. The fourth-order valence-corrected chi connectivity index (χ4v) is 3.35. The smallest absolute Gasteiger partial charge is 0.0449 e. The summed E-state index contributed by atoms with van der Waals surface area (Å²) in [6.45, 7) is 7.88. The first-order chi connectivity index (χ1) is 9.24. The third-order valence-electron chi connectivity index (χ3n) is 4.11. The minimum absolute atomic E-state index is 0.509. The molecule has 1 heterocycles. The van der Waals surface area contributed by atoms with E-state index in [1.807, 2.05) is 0 Å². The molecule has 0 saturated heterocycles. The molecule has 1 aliphatic heterocycles. The summed E-state index contributed by atoms with van der Waals surface area (Å²) in [5, 5.41) is 0. The molecular formula is C18H21N. The van der Waals surface area contributed by atoms with Crippen LogP contribution < -0.4 is 4.90 Å². The topological polar surface area (TPSA) is 3.24 Å². The maximum Gasteiger partial charge on any atom is 0.0449 e. The Balaban J connectivity index is 2.26. The quantitative estimate of drug-likeness (QED) is 0.730. The van der Waals surface area contributed by atoms with E-state index in [0.29, 0.717) is 11.8 Å². The van der Waals surface area contributed by atoms with E-state index in [1.54, 1.807) is 0 Å². The molecule has 0 aromatic heterocycles. The SMILES string of the molecule is CCN1c2ccccc2C(C(C)C)c2ccccc21. The van der Waals surface area contributed by atoms with Gasteiger partial charge in [-0.25, -0.2) is 0 Å².